The molecule has 0 bridgehead atoms. The topological polar surface area (TPSA) is 76.4 Å². The number of nitrogens with zero attached hydrogens (tertiary/aromatic N) is 1. The number of terminal acetylenes is 1. The second kappa shape index (κ2) is 9.22. The fraction of sp³-hybridized carbons (Fsp3) is 0.409. The Labute approximate surface area is 176 Å². The molecule has 0 spiro atoms. The molecule has 1 saturated carbocycles. The van der Waals surface area contributed by atoms with Gasteiger partial charge >= 0.3 is 11.9 Å². The Bertz CT molecular complexity index is 1000. The van der Waals surface area contributed by atoms with Gasteiger partial charge in [0.25, 0.3) is 0 Å². The Morgan fingerprint density at radius 1 is 1.10 bits per heavy atom. The molecule has 0 saturated heterocycles. The lowest BCUT2D eigenvalue weighted by molar-refractivity contribution is -0.147. The van der Waals surface area contributed by atoms with Crippen LogP contribution in [0.3, 0.4) is 0 Å². The van der Waals surface area contributed by atoms with Crippen molar-refractivity contribution in [3.8, 4) is 18.4 Å². The van der Waals surface area contributed by atoms with Crippen molar-refractivity contribution in [2.45, 2.75) is 33.8 Å². The average molecular weight is 437 g/mol. The standard InChI is InChI=1S/C22H19F4NO4/c1-5-7-12-16(23)18(25)13(19(26)17(12)24)10-31-21(29)15-14(22(15,3)4)8-11(9-27)20(28)30-6-2/h1,8,14-15H,6-7,10H2,2-4H3/b11-8+/t14-,15+/m0/s1. The van der Waals surface area contributed by atoms with E-state index in [1.165, 1.54) is 6.08 Å². The minimum absolute atomic E-state index is 0.0573. The van der Waals surface area contributed by atoms with Gasteiger partial charge in [-0.1, -0.05) is 19.9 Å². The van der Waals surface area contributed by atoms with Crippen LogP contribution < -0.4 is 0 Å². The lowest BCUT2D eigenvalue weighted by Crippen LogP contribution is -2.15. The van der Waals surface area contributed by atoms with Crippen LogP contribution in [0.25, 0.3) is 0 Å². The van der Waals surface area contributed by atoms with Crippen molar-refractivity contribution >= 4 is 11.9 Å². The average Bonchev–Trinajstić information content (AvgIpc) is 3.27. The summed E-state index contributed by atoms with van der Waals surface area (Å²) in [6.45, 7) is 3.90. The molecular weight excluding hydrogens is 418 g/mol. The predicted molar refractivity (Wildman–Crippen MR) is 99.7 cm³/mol. The molecule has 1 aromatic carbocycles. The lowest BCUT2D eigenvalue weighted by atomic mass is 10.1. The van der Waals surface area contributed by atoms with E-state index >= 15 is 0 Å². The Morgan fingerprint density at radius 2 is 1.65 bits per heavy atom. The number of nitriles is 1. The van der Waals surface area contributed by atoms with E-state index in [4.69, 9.17) is 21.2 Å². The molecule has 0 aromatic heterocycles. The molecule has 5 nitrogen and oxygen atoms in total. The van der Waals surface area contributed by atoms with Gasteiger partial charge in [0.1, 0.15) is 18.2 Å². The molecule has 0 radical (unpaired) electrons. The van der Waals surface area contributed by atoms with Gasteiger partial charge in [0, 0.05) is 12.0 Å². The maximum Gasteiger partial charge on any atom is 0.348 e. The fourth-order valence-electron chi connectivity index (χ4n) is 3.32. The van der Waals surface area contributed by atoms with E-state index < -0.39 is 76.6 Å². The molecule has 1 aliphatic carbocycles. The molecule has 1 aliphatic rings. The summed E-state index contributed by atoms with van der Waals surface area (Å²) in [7, 11) is 0. The highest BCUT2D eigenvalue weighted by Gasteiger charge is 2.62. The third-order valence-corrected chi connectivity index (χ3v) is 5.21. The summed E-state index contributed by atoms with van der Waals surface area (Å²) in [5.41, 5.74) is -3.03. The molecule has 9 heteroatoms. The van der Waals surface area contributed by atoms with Gasteiger partial charge in [-0.25, -0.2) is 22.4 Å². The normalized spacial score (nSPS) is 19.2. The van der Waals surface area contributed by atoms with E-state index in [0.717, 1.165) is 0 Å². The van der Waals surface area contributed by atoms with E-state index in [9.17, 15) is 27.2 Å². The van der Waals surface area contributed by atoms with Gasteiger partial charge in [-0.2, -0.15) is 5.26 Å². The van der Waals surface area contributed by atoms with Crippen molar-refractivity contribution in [3.05, 3.63) is 46.0 Å². The molecule has 0 unspecified atom stereocenters. The number of rotatable bonds is 7. The van der Waals surface area contributed by atoms with E-state index in [1.54, 1.807) is 26.8 Å². The predicted octanol–water partition coefficient (Wildman–Crippen LogP) is 3.75. The minimum atomic E-state index is -1.70. The summed E-state index contributed by atoms with van der Waals surface area (Å²) >= 11 is 0. The third-order valence-electron chi connectivity index (χ3n) is 5.21. The quantitative estimate of drug-likeness (QED) is 0.162. The number of allylic oxidation sites excluding steroid dienone is 1. The number of hydrogen-bond acceptors (Lipinski definition) is 5. The van der Waals surface area contributed by atoms with E-state index in [0.29, 0.717) is 0 Å². The zero-order valence-corrected chi connectivity index (χ0v) is 17.0. The first-order valence-corrected chi connectivity index (χ1v) is 9.25. The van der Waals surface area contributed by atoms with Crippen LogP contribution >= 0.6 is 0 Å². The maximum absolute atomic E-state index is 14.2. The summed E-state index contributed by atoms with van der Waals surface area (Å²) in [5.74, 6) is -7.96. The fourth-order valence-corrected chi connectivity index (χ4v) is 3.32. The molecule has 0 N–H and O–H groups in total. The van der Waals surface area contributed by atoms with Crippen LogP contribution in [0.2, 0.25) is 0 Å². The van der Waals surface area contributed by atoms with Crippen LogP contribution in [0.5, 0.6) is 0 Å². The minimum Gasteiger partial charge on any atom is -0.462 e. The molecule has 31 heavy (non-hydrogen) atoms. The van der Waals surface area contributed by atoms with Crippen LogP contribution in [0.4, 0.5) is 17.6 Å². The van der Waals surface area contributed by atoms with Crippen molar-refractivity contribution < 1.29 is 36.6 Å². The molecule has 0 amide bonds. The van der Waals surface area contributed by atoms with Crippen molar-refractivity contribution in [2.24, 2.45) is 17.3 Å². The molecule has 2 rings (SSSR count). The van der Waals surface area contributed by atoms with E-state index in [-0.39, 0.29) is 12.2 Å². The van der Waals surface area contributed by atoms with E-state index in [1.807, 2.05) is 5.92 Å². The van der Waals surface area contributed by atoms with Crippen LogP contribution in [0.15, 0.2) is 11.6 Å². The summed E-state index contributed by atoms with van der Waals surface area (Å²) in [6.07, 6.45) is 5.56. The van der Waals surface area contributed by atoms with Crippen LogP contribution in [0.1, 0.15) is 31.9 Å². The van der Waals surface area contributed by atoms with Gasteiger partial charge < -0.3 is 9.47 Å². The first-order valence-electron chi connectivity index (χ1n) is 9.25. The van der Waals surface area contributed by atoms with Crippen molar-refractivity contribution in [1.82, 2.24) is 0 Å². The van der Waals surface area contributed by atoms with Gasteiger partial charge in [0.15, 0.2) is 23.3 Å². The first kappa shape index (κ1) is 23.9. The van der Waals surface area contributed by atoms with Crippen LogP contribution in [-0.2, 0) is 32.1 Å². The number of carbonyl (C=O) groups excluding carboxylic acids is 2. The largest absolute Gasteiger partial charge is 0.462 e. The van der Waals surface area contributed by atoms with Crippen LogP contribution in [-0.4, -0.2) is 18.5 Å². The van der Waals surface area contributed by atoms with Gasteiger partial charge in [-0.05, 0) is 18.3 Å². The van der Waals surface area contributed by atoms with Gasteiger partial charge in [-0.3, -0.25) is 4.79 Å². The van der Waals surface area contributed by atoms with Gasteiger partial charge in [-0.15, -0.1) is 12.3 Å². The zero-order valence-electron chi connectivity index (χ0n) is 17.0. The maximum atomic E-state index is 14.2. The molecule has 0 aliphatic heterocycles. The summed E-state index contributed by atoms with van der Waals surface area (Å²) in [4.78, 5) is 24.2. The van der Waals surface area contributed by atoms with Crippen LogP contribution in [0, 0.1) is 64.2 Å². The third kappa shape index (κ3) is 4.56. The van der Waals surface area contributed by atoms with Crippen molar-refractivity contribution in [1.29, 1.82) is 5.26 Å². The summed E-state index contributed by atoms with van der Waals surface area (Å²) in [5, 5.41) is 9.12. The van der Waals surface area contributed by atoms with Gasteiger partial charge in [0.2, 0.25) is 0 Å². The number of hydrogen-bond donors (Lipinski definition) is 0. The second-order valence-electron chi connectivity index (χ2n) is 7.44. The van der Waals surface area contributed by atoms with Crippen molar-refractivity contribution in [2.75, 3.05) is 6.61 Å². The van der Waals surface area contributed by atoms with E-state index in [2.05, 4.69) is 0 Å². The molecule has 1 fully saturated rings. The molecule has 164 valence electrons. The number of ether oxygens (including phenoxy) is 2. The molecule has 2 atom stereocenters. The number of carbonyl (C=O) groups is 2. The second-order valence-corrected chi connectivity index (χ2v) is 7.44. The molecule has 0 heterocycles. The number of benzene rings is 1. The van der Waals surface area contributed by atoms with Crippen molar-refractivity contribution in [3.63, 3.8) is 0 Å². The lowest BCUT2D eigenvalue weighted by Gasteiger charge is -2.11. The smallest absolute Gasteiger partial charge is 0.348 e. The summed E-state index contributed by atoms with van der Waals surface area (Å²) in [6, 6.07) is 1.69. The highest BCUT2D eigenvalue weighted by atomic mass is 19.2. The Hall–Kier alpha value is -3.33. The SMILES string of the molecule is C#CCc1c(F)c(F)c(COC(=O)[C@H]2[C@H](/C=C(\C#N)C(=O)OCC)C2(C)C)c(F)c1F. The molecule has 1 aromatic rings. The zero-order chi connectivity index (χ0) is 23.5. The molecular formula is C22H19F4NO4. The Kier molecular flexibility index (Phi) is 7.12. The number of esters is 2. The highest BCUT2D eigenvalue weighted by molar-refractivity contribution is 5.93. The monoisotopic (exact) mass is 437 g/mol. The highest BCUT2D eigenvalue weighted by Crippen LogP contribution is 2.60. The van der Waals surface area contributed by atoms with Gasteiger partial charge in [0.05, 0.1) is 18.1 Å². The Morgan fingerprint density at radius 3 is 2.13 bits per heavy atom. The Balaban J connectivity index is 2.20. The first-order chi connectivity index (χ1) is 14.5. The number of halogens is 4. The summed E-state index contributed by atoms with van der Waals surface area (Å²) < 4.78 is 66.0.